The maximum absolute atomic E-state index is 10.3. The van der Waals surface area contributed by atoms with Crippen LogP contribution in [0.25, 0.3) is 0 Å². The van der Waals surface area contributed by atoms with E-state index < -0.39 is 18.3 Å². The molecule has 0 aromatic heterocycles. The maximum Gasteiger partial charge on any atom is 0.0883 e. The molecule has 1 unspecified atom stereocenters. The van der Waals surface area contributed by atoms with Crippen LogP contribution in [0.2, 0.25) is 0 Å². The number of aliphatic hydroxyl groups is 3. The first-order valence-corrected chi connectivity index (χ1v) is 7.12. The van der Waals surface area contributed by atoms with Gasteiger partial charge in [0.2, 0.25) is 0 Å². The van der Waals surface area contributed by atoms with E-state index in [4.69, 9.17) is 9.47 Å². The van der Waals surface area contributed by atoms with Gasteiger partial charge in [-0.3, -0.25) is 0 Å². The minimum Gasteiger partial charge on any atom is -0.394 e. The summed E-state index contributed by atoms with van der Waals surface area (Å²) in [5.41, 5.74) is -0.300. The van der Waals surface area contributed by atoms with Crippen molar-refractivity contribution in [3.63, 3.8) is 0 Å². The van der Waals surface area contributed by atoms with Crippen LogP contribution < -0.4 is 0 Å². The van der Waals surface area contributed by atoms with Gasteiger partial charge in [0, 0.05) is 24.4 Å². The third-order valence-electron chi connectivity index (χ3n) is 4.97. The van der Waals surface area contributed by atoms with E-state index in [0.717, 1.165) is 0 Å². The summed E-state index contributed by atoms with van der Waals surface area (Å²) >= 11 is 0. The van der Waals surface area contributed by atoms with Crippen molar-refractivity contribution < 1.29 is 24.8 Å². The molecule has 5 nitrogen and oxygen atoms in total. The predicted molar refractivity (Wildman–Crippen MR) is 69.7 cm³/mol. The van der Waals surface area contributed by atoms with Gasteiger partial charge in [0.05, 0.1) is 37.1 Å². The predicted octanol–water partition coefficient (Wildman–Crippen LogP) is 0.309. The van der Waals surface area contributed by atoms with Crippen molar-refractivity contribution in [3.05, 3.63) is 0 Å². The summed E-state index contributed by atoms with van der Waals surface area (Å²) in [6, 6.07) is 0. The highest BCUT2D eigenvalue weighted by atomic mass is 16.5. The van der Waals surface area contributed by atoms with Crippen LogP contribution in [0.3, 0.4) is 0 Å². The molecule has 2 fully saturated rings. The van der Waals surface area contributed by atoms with Gasteiger partial charge in [-0.1, -0.05) is 13.8 Å². The molecule has 0 spiro atoms. The van der Waals surface area contributed by atoms with Crippen LogP contribution in [0.4, 0.5) is 0 Å². The lowest BCUT2D eigenvalue weighted by Crippen LogP contribution is -2.56. The summed E-state index contributed by atoms with van der Waals surface area (Å²) in [5, 5.41) is 29.9. The monoisotopic (exact) mass is 274 g/mol. The standard InChI is InChI=1S/C14H26O5/c1-8-14(2,3)12(17)6-10(19-8)13-9(16)4-5-18-11(13)7-15/h8-13,15-17H,4-7H2,1-3H3/t8-,9-,10+,11-,12-,13?/m1/s1. The smallest absolute Gasteiger partial charge is 0.0883 e. The molecule has 19 heavy (non-hydrogen) atoms. The molecule has 0 aliphatic carbocycles. The molecule has 0 aromatic carbocycles. The van der Waals surface area contributed by atoms with Crippen molar-refractivity contribution in [3.8, 4) is 0 Å². The Morgan fingerprint density at radius 2 is 1.95 bits per heavy atom. The van der Waals surface area contributed by atoms with Gasteiger partial charge in [-0.15, -0.1) is 0 Å². The number of hydrogen-bond acceptors (Lipinski definition) is 5. The highest BCUT2D eigenvalue weighted by molar-refractivity contribution is 4.96. The third-order valence-corrected chi connectivity index (χ3v) is 4.97. The second-order valence-corrected chi connectivity index (χ2v) is 6.41. The Kier molecular flexibility index (Phi) is 4.52. The molecule has 2 saturated heterocycles. The second-order valence-electron chi connectivity index (χ2n) is 6.41. The van der Waals surface area contributed by atoms with Crippen LogP contribution >= 0.6 is 0 Å². The van der Waals surface area contributed by atoms with Crippen LogP contribution in [0.15, 0.2) is 0 Å². The number of hydrogen-bond donors (Lipinski definition) is 3. The van der Waals surface area contributed by atoms with E-state index in [1.54, 1.807) is 0 Å². The molecule has 3 N–H and O–H groups in total. The Morgan fingerprint density at radius 3 is 2.53 bits per heavy atom. The zero-order valence-electron chi connectivity index (χ0n) is 12.0. The van der Waals surface area contributed by atoms with Crippen molar-refractivity contribution in [2.45, 2.75) is 64.1 Å². The van der Waals surface area contributed by atoms with Crippen molar-refractivity contribution in [2.75, 3.05) is 13.2 Å². The van der Waals surface area contributed by atoms with E-state index in [1.165, 1.54) is 0 Å². The lowest BCUT2D eigenvalue weighted by molar-refractivity contribution is -0.223. The van der Waals surface area contributed by atoms with Crippen molar-refractivity contribution in [1.29, 1.82) is 0 Å². The Hall–Kier alpha value is -0.200. The second kappa shape index (κ2) is 5.66. The first kappa shape index (κ1) is 15.2. The van der Waals surface area contributed by atoms with Crippen LogP contribution in [-0.4, -0.2) is 59.1 Å². The van der Waals surface area contributed by atoms with E-state index in [1.807, 2.05) is 20.8 Å². The van der Waals surface area contributed by atoms with Gasteiger partial charge in [0.25, 0.3) is 0 Å². The van der Waals surface area contributed by atoms with Gasteiger partial charge in [0.1, 0.15) is 0 Å². The minimum atomic E-state index is -0.545. The van der Waals surface area contributed by atoms with E-state index in [2.05, 4.69) is 0 Å². The van der Waals surface area contributed by atoms with E-state index in [-0.39, 0.29) is 30.1 Å². The number of rotatable bonds is 2. The van der Waals surface area contributed by atoms with Gasteiger partial charge in [-0.2, -0.15) is 0 Å². The Bertz CT molecular complexity index is 292. The third kappa shape index (κ3) is 2.81. The van der Waals surface area contributed by atoms with Gasteiger partial charge in [-0.05, 0) is 13.3 Å². The fourth-order valence-electron chi connectivity index (χ4n) is 3.09. The molecule has 0 radical (unpaired) electrons. The molecular weight excluding hydrogens is 248 g/mol. The molecule has 0 amide bonds. The van der Waals surface area contributed by atoms with Gasteiger partial charge >= 0.3 is 0 Å². The minimum absolute atomic E-state index is 0.102. The lowest BCUT2D eigenvalue weighted by atomic mass is 9.73. The summed E-state index contributed by atoms with van der Waals surface area (Å²) in [6.07, 6.45) is -0.783. The average molecular weight is 274 g/mol. The summed E-state index contributed by atoms with van der Waals surface area (Å²) in [5.74, 6) is -0.271. The highest BCUT2D eigenvalue weighted by Crippen LogP contribution is 2.40. The van der Waals surface area contributed by atoms with E-state index >= 15 is 0 Å². The summed E-state index contributed by atoms with van der Waals surface area (Å²) < 4.78 is 11.5. The first-order chi connectivity index (χ1) is 8.87. The molecule has 2 rings (SSSR count). The fraction of sp³-hybridized carbons (Fsp3) is 1.00. The van der Waals surface area contributed by atoms with Crippen molar-refractivity contribution in [2.24, 2.45) is 11.3 Å². The Labute approximate surface area is 114 Å². The molecule has 5 heteroatoms. The van der Waals surface area contributed by atoms with Gasteiger partial charge < -0.3 is 24.8 Å². The fourth-order valence-corrected chi connectivity index (χ4v) is 3.09. The highest BCUT2D eigenvalue weighted by Gasteiger charge is 2.48. The SMILES string of the molecule is C[C@H]1O[C@H](C2[C@H](O)CCO[C@@H]2CO)C[C@@H](O)C1(C)C. The number of aliphatic hydroxyl groups excluding tert-OH is 3. The van der Waals surface area contributed by atoms with E-state index in [0.29, 0.717) is 19.4 Å². The largest absolute Gasteiger partial charge is 0.394 e. The first-order valence-electron chi connectivity index (χ1n) is 7.12. The van der Waals surface area contributed by atoms with Gasteiger partial charge in [0.15, 0.2) is 0 Å². The normalized spacial score (nSPS) is 47.1. The molecule has 112 valence electrons. The maximum atomic E-state index is 10.3. The van der Waals surface area contributed by atoms with Crippen LogP contribution in [0, 0.1) is 11.3 Å². The topological polar surface area (TPSA) is 79.2 Å². The molecule has 0 bridgehead atoms. The summed E-state index contributed by atoms with van der Waals surface area (Å²) in [4.78, 5) is 0. The molecule has 0 saturated carbocycles. The summed E-state index contributed by atoms with van der Waals surface area (Å²) in [6.45, 7) is 6.24. The van der Waals surface area contributed by atoms with Crippen LogP contribution in [-0.2, 0) is 9.47 Å². The molecule has 2 aliphatic heterocycles. The zero-order chi connectivity index (χ0) is 14.2. The molecular formula is C14H26O5. The van der Waals surface area contributed by atoms with Crippen LogP contribution in [0.1, 0.15) is 33.6 Å². The average Bonchev–Trinajstić information content (AvgIpc) is 2.35. The van der Waals surface area contributed by atoms with Crippen molar-refractivity contribution in [1.82, 2.24) is 0 Å². The van der Waals surface area contributed by atoms with Crippen LogP contribution in [0.5, 0.6) is 0 Å². The quantitative estimate of drug-likeness (QED) is 0.675. The van der Waals surface area contributed by atoms with Gasteiger partial charge in [-0.25, -0.2) is 0 Å². The summed E-state index contributed by atoms with van der Waals surface area (Å²) in [7, 11) is 0. The zero-order valence-corrected chi connectivity index (χ0v) is 12.0. The Morgan fingerprint density at radius 1 is 1.26 bits per heavy atom. The Balaban J connectivity index is 2.12. The molecule has 6 atom stereocenters. The molecule has 0 aromatic rings. The lowest BCUT2D eigenvalue weighted by Gasteiger charge is -2.49. The number of ether oxygens (including phenoxy) is 2. The molecule has 2 heterocycles. The molecule has 2 aliphatic rings. The van der Waals surface area contributed by atoms with Crippen molar-refractivity contribution >= 4 is 0 Å². The van der Waals surface area contributed by atoms with E-state index in [9.17, 15) is 15.3 Å².